The standard InChI is InChI=1S/C27H29N5O4/c1-15(2)11-22(32-27(35)23-13-19-21(30-23)9-6-10-24(19)36-3)26(34)29-16(14-28)12-18-17-7-4-5-8-20(17)31-25(18)33/h4-10,13,15-16,18,22,30H,11-12H2,1-3H3,(H,29,34)(H,31,33)(H,32,35)/t16-,18+,22-/m0/s1. The molecule has 9 nitrogen and oxygen atoms in total. The van der Waals surface area contributed by atoms with Gasteiger partial charge in [-0.25, -0.2) is 0 Å². The SMILES string of the molecule is COc1cccc2[nH]c(C(=O)N[C@@H](CC(C)C)C(=O)N[C@H](C#N)C[C@H]3C(=O)Nc4ccccc43)cc12. The number of methoxy groups -OCH3 is 1. The highest BCUT2D eigenvalue weighted by Crippen LogP contribution is 2.35. The van der Waals surface area contributed by atoms with Crippen molar-refractivity contribution in [2.75, 3.05) is 12.4 Å². The van der Waals surface area contributed by atoms with Crippen molar-refractivity contribution in [2.24, 2.45) is 5.92 Å². The van der Waals surface area contributed by atoms with Crippen molar-refractivity contribution in [3.05, 3.63) is 59.8 Å². The summed E-state index contributed by atoms with van der Waals surface area (Å²) in [6.07, 6.45) is 0.515. The molecule has 1 aliphatic rings. The van der Waals surface area contributed by atoms with Gasteiger partial charge in [0.15, 0.2) is 0 Å². The van der Waals surface area contributed by atoms with Crippen LogP contribution in [-0.4, -0.2) is 41.9 Å². The molecule has 186 valence electrons. The molecule has 0 fully saturated rings. The number of para-hydroxylation sites is 1. The maximum atomic E-state index is 13.2. The first kappa shape index (κ1) is 24.8. The highest BCUT2D eigenvalue weighted by molar-refractivity contribution is 6.03. The first-order valence-electron chi connectivity index (χ1n) is 11.9. The molecule has 2 aromatic carbocycles. The number of carbonyl (C=O) groups is 3. The van der Waals surface area contributed by atoms with Gasteiger partial charge in [-0.1, -0.05) is 38.1 Å². The Balaban J connectivity index is 1.47. The van der Waals surface area contributed by atoms with Gasteiger partial charge in [-0.3, -0.25) is 14.4 Å². The second-order valence-electron chi connectivity index (χ2n) is 9.32. The van der Waals surface area contributed by atoms with Crippen LogP contribution in [0.5, 0.6) is 5.75 Å². The number of anilines is 1. The Hall–Kier alpha value is -4.32. The van der Waals surface area contributed by atoms with E-state index in [-0.39, 0.29) is 18.2 Å². The lowest BCUT2D eigenvalue weighted by Gasteiger charge is -2.22. The summed E-state index contributed by atoms with van der Waals surface area (Å²) in [5.74, 6) is -0.904. The molecule has 2 heterocycles. The molecule has 0 aliphatic carbocycles. The Bertz CT molecular complexity index is 1340. The first-order valence-corrected chi connectivity index (χ1v) is 11.9. The van der Waals surface area contributed by atoms with E-state index in [2.05, 4.69) is 27.0 Å². The van der Waals surface area contributed by atoms with Crippen LogP contribution in [0.3, 0.4) is 0 Å². The molecular formula is C27H29N5O4. The van der Waals surface area contributed by atoms with Crippen LogP contribution in [-0.2, 0) is 9.59 Å². The lowest BCUT2D eigenvalue weighted by molar-refractivity contribution is -0.124. The summed E-state index contributed by atoms with van der Waals surface area (Å²) in [5.41, 5.74) is 2.56. The Kier molecular flexibility index (Phi) is 7.25. The summed E-state index contributed by atoms with van der Waals surface area (Å²) in [6.45, 7) is 3.89. The minimum atomic E-state index is -0.900. The zero-order chi connectivity index (χ0) is 25.8. The van der Waals surface area contributed by atoms with E-state index in [9.17, 15) is 19.6 Å². The molecular weight excluding hydrogens is 458 g/mol. The molecule has 1 aromatic heterocycles. The van der Waals surface area contributed by atoms with Crippen LogP contribution in [0.2, 0.25) is 0 Å². The maximum Gasteiger partial charge on any atom is 0.268 e. The van der Waals surface area contributed by atoms with Gasteiger partial charge in [-0.15, -0.1) is 0 Å². The fraction of sp³-hybridized carbons (Fsp3) is 0.333. The highest BCUT2D eigenvalue weighted by atomic mass is 16.5. The van der Waals surface area contributed by atoms with Crippen molar-refractivity contribution in [3.8, 4) is 11.8 Å². The fourth-order valence-corrected chi connectivity index (χ4v) is 4.53. The maximum absolute atomic E-state index is 13.2. The van der Waals surface area contributed by atoms with E-state index in [1.807, 2.05) is 44.2 Å². The summed E-state index contributed by atoms with van der Waals surface area (Å²) in [4.78, 5) is 41.8. The van der Waals surface area contributed by atoms with E-state index in [1.54, 1.807) is 25.3 Å². The second-order valence-corrected chi connectivity index (χ2v) is 9.32. The highest BCUT2D eigenvalue weighted by Gasteiger charge is 2.34. The summed E-state index contributed by atoms with van der Waals surface area (Å²) in [7, 11) is 1.56. The van der Waals surface area contributed by atoms with Gasteiger partial charge in [-0.2, -0.15) is 5.26 Å². The minimum Gasteiger partial charge on any atom is -0.496 e. The predicted octanol–water partition coefficient (Wildman–Crippen LogP) is 3.46. The molecule has 1 aliphatic heterocycles. The number of carbonyl (C=O) groups excluding carboxylic acids is 3. The van der Waals surface area contributed by atoms with E-state index < -0.39 is 29.8 Å². The molecule has 36 heavy (non-hydrogen) atoms. The third-order valence-electron chi connectivity index (χ3n) is 6.27. The second kappa shape index (κ2) is 10.5. The summed E-state index contributed by atoms with van der Waals surface area (Å²) >= 11 is 0. The van der Waals surface area contributed by atoms with E-state index in [1.165, 1.54) is 0 Å². The van der Waals surface area contributed by atoms with Gasteiger partial charge in [0.1, 0.15) is 23.5 Å². The number of aromatic nitrogens is 1. The van der Waals surface area contributed by atoms with E-state index in [0.29, 0.717) is 17.9 Å². The number of aromatic amines is 1. The van der Waals surface area contributed by atoms with Crippen LogP contribution in [0.1, 0.15) is 48.7 Å². The van der Waals surface area contributed by atoms with Crippen LogP contribution in [0.25, 0.3) is 10.9 Å². The van der Waals surface area contributed by atoms with Crippen molar-refractivity contribution in [1.29, 1.82) is 5.26 Å². The molecule has 3 aromatic rings. The van der Waals surface area contributed by atoms with Crippen LogP contribution in [0.4, 0.5) is 5.69 Å². The number of rotatable bonds is 9. The third-order valence-corrected chi connectivity index (χ3v) is 6.27. The smallest absolute Gasteiger partial charge is 0.268 e. The molecule has 4 N–H and O–H groups in total. The Morgan fingerprint density at radius 1 is 1.14 bits per heavy atom. The molecule has 0 radical (unpaired) electrons. The average molecular weight is 488 g/mol. The van der Waals surface area contributed by atoms with Crippen LogP contribution >= 0.6 is 0 Å². The topological polar surface area (TPSA) is 136 Å². The van der Waals surface area contributed by atoms with Gasteiger partial charge in [0.2, 0.25) is 11.8 Å². The number of nitrogens with zero attached hydrogens (tertiary/aromatic N) is 1. The summed E-state index contributed by atoms with van der Waals surface area (Å²) in [6, 6.07) is 14.8. The molecule has 9 heteroatoms. The summed E-state index contributed by atoms with van der Waals surface area (Å²) < 4.78 is 5.36. The van der Waals surface area contributed by atoms with E-state index >= 15 is 0 Å². The predicted molar refractivity (Wildman–Crippen MR) is 136 cm³/mol. The Morgan fingerprint density at radius 3 is 2.64 bits per heavy atom. The Morgan fingerprint density at radius 2 is 1.92 bits per heavy atom. The number of ether oxygens (including phenoxy) is 1. The lowest BCUT2D eigenvalue weighted by Crippen LogP contribution is -2.50. The number of amides is 3. The normalized spacial score (nSPS) is 16.1. The number of H-pyrrole nitrogens is 1. The fourth-order valence-electron chi connectivity index (χ4n) is 4.53. The zero-order valence-electron chi connectivity index (χ0n) is 20.4. The number of nitriles is 1. The number of benzene rings is 2. The zero-order valence-corrected chi connectivity index (χ0v) is 20.4. The number of hydrogen-bond donors (Lipinski definition) is 4. The van der Waals surface area contributed by atoms with Gasteiger partial charge in [0.05, 0.1) is 19.1 Å². The molecule has 0 bridgehead atoms. The largest absolute Gasteiger partial charge is 0.496 e. The van der Waals surface area contributed by atoms with Crippen molar-refractivity contribution < 1.29 is 19.1 Å². The van der Waals surface area contributed by atoms with Crippen molar-refractivity contribution in [1.82, 2.24) is 15.6 Å². The number of fused-ring (bicyclic) bond motifs is 2. The lowest BCUT2D eigenvalue weighted by atomic mass is 9.93. The molecule has 3 atom stereocenters. The number of nitrogens with one attached hydrogen (secondary N) is 4. The minimum absolute atomic E-state index is 0.108. The molecule has 4 rings (SSSR count). The van der Waals surface area contributed by atoms with Crippen molar-refractivity contribution in [2.45, 2.75) is 44.7 Å². The Labute approximate surface area is 209 Å². The van der Waals surface area contributed by atoms with Crippen LogP contribution < -0.4 is 20.7 Å². The van der Waals surface area contributed by atoms with Crippen LogP contribution in [0.15, 0.2) is 48.5 Å². The number of hydrogen-bond acceptors (Lipinski definition) is 5. The van der Waals surface area contributed by atoms with Crippen molar-refractivity contribution >= 4 is 34.3 Å². The van der Waals surface area contributed by atoms with Gasteiger partial charge in [0, 0.05) is 16.6 Å². The van der Waals surface area contributed by atoms with Crippen LogP contribution in [0, 0.1) is 17.2 Å². The van der Waals surface area contributed by atoms with Gasteiger partial charge in [-0.05, 0) is 48.6 Å². The van der Waals surface area contributed by atoms with E-state index in [0.717, 1.165) is 22.2 Å². The first-order chi connectivity index (χ1) is 17.3. The third kappa shape index (κ3) is 5.18. The monoisotopic (exact) mass is 487 g/mol. The molecule has 3 amide bonds. The quantitative estimate of drug-likeness (QED) is 0.366. The van der Waals surface area contributed by atoms with Crippen molar-refractivity contribution in [3.63, 3.8) is 0 Å². The molecule has 0 unspecified atom stereocenters. The van der Waals surface area contributed by atoms with Gasteiger partial charge >= 0.3 is 0 Å². The summed E-state index contributed by atoms with van der Waals surface area (Å²) in [5, 5.41) is 18.8. The molecule has 0 spiro atoms. The van der Waals surface area contributed by atoms with Gasteiger partial charge in [0.25, 0.3) is 5.91 Å². The molecule has 0 saturated heterocycles. The average Bonchev–Trinajstić information content (AvgIpc) is 3.43. The van der Waals surface area contributed by atoms with E-state index in [4.69, 9.17) is 4.74 Å². The van der Waals surface area contributed by atoms with Gasteiger partial charge < -0.3 is 25.7 Å². The molecule has 0 saturated carbocycles.